The van der Waals surface area contributed by atoms with E-state index >= 15 is 0 Å². The summed E-state index contributed by atoms with van der Waals surface area (Å²) < 4.78 is 0. The molecule has 0 unspecified atom stereocenters. The second kappa shape index (κ2) is 5.50. The molecule has 1 aromatic heterocycles. The number of hydrogen-bond donors (Lipinski definition) is 1. The molecular weight excluding hydrogens is 236 g/mol. The van der Waals surface area contributed by atoms with Gasteiger partial charge < -0.3 is 5.32 Å². The Kier molecular flexibility index (Phi) is 4.00. The van der Waals surface area contributed by atoms with Gasteiger partial charge in [0.25, 0.3) is 0 Å². The van der Waals surface area contributed by atoms with Crippen LogP contribution in [0, 0.1) is 11.8 Å². The van der Waals surface area contributed by atoms with Crippen molar-refractivity contribution in [2.24, 2.45) is 11.8 Å². The van der Waals surface area contributed by atoms with Crippen molar-refractivity contribution >= 4 is 23.2 Å². The van der Waals surface area contributed by atoms with Gasteiger partial charge in [0.05, 0.1) is 16.9 Å². The first-order valence-electron chi connectivity index (χ1n) is 6.07. The number of nitrogens with zero attached hydrogens (tertiary/aromatic N) is 1. The second-order valence-corrected chi connectivity index (χ2v) is 5.21. The van der Waals surface area contributed by atoms with Crippen molar-refractivity contribution < 1.29 is 4.79 Å². The van der Waals surface area contributed by atoms with Gasteiger partial charge in [-0.3, -0.25) is 9.78 Å². The molecule has 0 radical (unpaired) electrons. The quantitative estimate of drug-likeness (QED) is 0.875. The number of hydrogen-bond acceptors (Lipinski definition) is 2. The Morgan fingerprint density at radius 1 is 1.41 bits per heavy atom. The summed E-state index contributed by atoms with van der Waals surface area (Å²) in [6, 6.07) is 1.68. The number of rotatable bonds is 2. The third kappa shape index (κ3) is 3.19. The highest BCUT2D eigenvalue weighted by atomic mass is 35.5. The summed E-state index contributed by atoms with van der Waals surface area (Å²) in [6.45, 7) is 2.24. The van der Waals surface area contributed by atoms with Crippen LogP contribution in [0.25, 0.3) is 0 Å². The standard InChI is InChI=1S/C13H17ClN2O/c1-9-2-4-10(5-3-9)13(17)16-12-8-15-7-6-11(12)14/h6-10H,2-5H2,1H3,(H,16,17). The van der Waals surface area contributed by atoms with Crippen LogP contribution in [-0.2, 0) is 4.79 Å². The summed E-state index contributed by atoms with van der Waals surface area (Å²) >= 11 is 5.98. The molecule has 1 heterocycles. The van der Waals surface area contributed by atoms with Gasteiger partial charge in [-0.2, -0.15) is 0 Å². The molecule has 3 nitrogen and oxygen atoms in total. The fraction of sp³-hybridized carbons (Fsp3) is 0.538. The van der Waals surface area contributed by atoms with Gasteiger partial charge in [0.15, 0.2) is 0 Å². The summed E-state index contributed by atoms with van der Waals surface area (Å²) in [4.78, 5) is 16.0. The average Bonchev–Trinajstić information content (AvgIpc) is 2.33. The number of nitrogens with one attached hydrogen (secondary N) is 1. The highest BCUT2D eigenvalue weighted by Crippen LogP contribution is 2.29. The minimum Gasteiger partial charge on any atom is -0.323 e. The molecule has 1 amide bonds. The molecule has 0 bridgehead atoms. The Labute approximate surface area is 107 Å². The lowest BCUT2D eigenvalue weighted by atomic mass is 9.82. The molecule has 1 aromatic rings. The molecule has 4 heteroatoms. The Hall–Kier alpha value is -1.09. The number of anilines is 1. The maximum atomic E-state index is 12.0. The van der Waals surface area contributed by atoms with Crippen LogP contribution in [-0.4, -0.2) is 10.9 Å². The number of pyridine rings is 1. The lowest BCUT2D eigenvalue weighted by molar-refractivity contribution is -0.121. The molecule has 0 saturated heterocycles. The summed E-state index contributed by atoms with van der Waals surface area (Å²) in [7, 11) is 0. The van der Waals surface area contributed by atoms with E-state index in [9.17, 15) is 4.79 Å². The first-order valence-corrected chi connectivity index (χ1v) is 6.45. The molecule has 0 atom stereocenters. The van der Waals surface area contributed by atoms with Gasteiger partial charge >= 0.3 is 0 Å². The monoisotopic (exact) mass is 252 g/mol. The van der Waals surface area contributed by atoms with Gasteiger partial charge in [0, 0.05) is 12.1 Å². The molecule has 1 saturated carbocycles. The Bertz CT molecular complexity index is 400. The van der Waals surface area contributed by atoms with Crippen LogP contribution >= 0.6 is 11.6 Å². The van der Waals surface area contributed by atoms with Crippen molar-refractivity contribution in [3.63, 3.8) is 0 Å². The molecule has 17 heavy (non-hydrogen) atoms. The van der Waals surface area contributed by atoms with Crippen molar-refractivity contribution in [1.82, 2.24) is 4.98 Å². The number of halogens is 1. The first kappa shape index (κ1) is 12.4. The van der Waals surface area contributed by atoms with Crippen LogP contribution in [0.15, 0.2) is 18.5 Å². The molecule has 0 spiro atoms. The van der Waals surface area contributed by atoms with Gasteiger partial charge in [-0.05, 0) is 37.7 Å². The van der Waals surface area contributed by atoms with Gasteiger partial charge in [0.2, 0.25) is 5.91 Å². The van der Waals surface area contributed by atoms with Crippen molar-refractivity contribution in [2.75, 3.05) is 5.32 Å². The summed E-state index contributed by atoms with van der Waals surface area (Å²) in [5.41, 5.74) is 0.609. The zero-order valence-electron chi connectivity index (χ0n) is 9.95. The Morgan fingerprint density at radius 3 is 2.76 bits per heavy atom. The van der Waals surface area contributed by atoms with E-state index in [1.54, 1.807) is 18.5 Å². The van der Waals surface area contributed by atoms with Gasteiger partial charge in [-0.1, -0.05) is 18.5 Å². The fourth-order valence-electron chi connectivity index (χ4n) is 2.23. The molecule has 1 aliphatic rings. The third-order valence-electron chi connectivity index (χ3n) is 3.41. The normalized spacial score (nSPS) is 24.4. The SMILES string of the molecule is CC1CCC(C(=O)Nc2cnccc2Cl)CC1. The predicted octanol–water partition coefficient (Wildman–Crippen LogP) is 3.50. The van der Waals surface area contributed by atoms with Crippen molar-refractivity contribution in [2.45, 2.75) is 32.6 Å². The largest absolute Gasteiger partial charge is 0.323 e. The summed E-state index contributed by atoms with van der Waals surface area (Å²) in [5, 5.41) is 3.40. The minimum atomic E-state index is 0.0757. The highest BCUT2D eigenvalue weighted by molar-refractivity contribution is 6.33. The summed E-state index contributed by atoms with van der Waals surface area (Å²) in [6.07, 6.45) is 7.43. The van der Waals surface area contributed by atoms with Crippen molar-refractivity contribution in [1.29, 1.82) is 0 Å². The van der Waals surface area contributed by atoms with Crippen LogP contribution < -0.4 is 5.32 Å². The lowest BCUT2D eigenvalue weighted by Gasteiger charge is -2.25. The maximum Gasteiger partial charge on any atom is 0.227 e. The zero-order valence-corrected chi connectivity index (χ0v) is 10.7. The van der Waals surface area contributed by atoms with Crippen LogP contribution in [0.2, 0.25) is 5.02 Å². The smallest absolute Gasteiger partial charge is 0.227 e. The maximum absolute atomic E-state index is 12.0. The van der Waals surface area contributed by atoms with E-state index in [-0.39, 0.29) is 11.8 Å². The molecule has 2 rings (SSSR count). The van der Waals surface area contributed by atoms with Gasteiger partial charge in [-0.25, -0.2) is 0 Å². The van der Waals surface area contributed by atoms with Crippen LogP contribution in [0.5, 0.6) is 0 Å². The predicted molar refractivity (Wildman–Crippen MR) is 69.0 cm³/mol. The van der Waals surface area contributed by atoms with E-state index in [1.165, 1.54) is 0 Å². The molecular formula is C13H17ClN2O. The van der Waals surface area contributed by atoms with E-state index in [2.05, 4.69) is 17.2 Å². The van der Waals surface area contributed by atoms with E-state index in [0.29, 0.717) is 10.7 Å². The average molecular weight is 253 g/mol. The molecule has 0 aromatic carbocycles. The van der Waals surface area contributed by atoms with Crippen LogP contribution in [0.3, 0.4) is 0 Å². The van der Waals surface area contributed by atoms with Gasteiger partial charge in [0.1, 0.15) is 0 Å². The fourth-order valence-corrected chi connectivity index (χ4v) is 2.38. The number of carbonyl (C=O) groups is 1. The topological polar surface area (TPSA) is 42.0 Å². The third-order valence-corrected chi connectivity index (χ3v) is 3.74. The minimum absolute atomic E-state index is 0.0757. The Morgan fingerprint density at radius 2 is 2.12 bits per heavy atom. The zero-order chi connectivity index (χ0) is 12.3. The van der Waals surface area contributed by atoms with E-state index < -0.39 is 0 Å². The second-order valence-electron chi connectivity index (χ2n) is 4.80. The molecule has 1 fully saturated rings. The van der Waals surface area contributed by atoms with E-state index in [1.807, 2.05) is 0 Å². The number of carbonyl (C=O) groups excluding carboxylic acids is 1. The lowest BCUT2D eigenvalue weighted by Crippen LogP contribution is -2.26. The van der Waals surface area contributed by atoms with E-state index in [4.69, 9.17) is 11.6 Å². The Balaban J connectivity index is 1.95. The molecule has 1 aliphatic carbocycles. The molecule has 0 aliphatic heterocycles. The van der Waals surface area contributed by atoms with Gasteiger partial charge in [-0.15, -0.1) is 0 Å². The van der Waals surface area contributed by atoms with Crippen LogP contribution in [0.1, 0.15) is 32.6 Å². The molecule has 1 N–H and O–H groups in total. The summed E-state index contributed by atoms with van der Waals surface area (Å²) in [5.74, 6) is 0.954. The van der Waals surface area contributed by atoms with E-state index in [0.717, 1.165) is 31.6 Å². The van der Waals surface area contributed by atoms with Crippen LogP contribution in [0.4, 0.5) is 5.69 Å². The number of amides is 1. The van der Waals surface area contributed by atoms with Crippen molar-refractivity contribution in [3.8, 4) is 0 Å². The van der Waals surface area contributed by atoms with Crippen molar-refractivity contribution in [3.05, 3.63) is 23.5 Å². The molecule has 92 valence electrons. The first-order chi connectivity index (χ1) is 8.16. The highest BCUT2D eigenvalue weighted by Gasteiger charge is 2.24. The number of aromatic nitrogens is 1.